The lowest BCUT2D eigenvalue weighted by Crippen LogP contribution is -2.14. The van der Waals surface area contributed by atoms with Gasteiger partial charge in [0.25, 0.3) is 0 Å². The van der Waals surface area contributed by atoms with Crippen LogP contribution in [0.5, 0.6) is 0 Å². The molecule has 0 saturated carbocycles. The van der Waals surface area contributed by atoms with Crippen molar-refractivity contribution in [1.29, 1.82) is 0 Å². The van der Waals surface area contributed by atoms with Crippen LogP contribution in [0.25, 0.3) is 0 Å². The van der Waals surface area contributed by atoms with E-state index in [2.05, 4.69) is 0 Å². The highest BCUT2D eigenvalue weighted by Crippen LogP contribution is 2.47. The van der Waals surface area contributed by atoms with Crippen molar-refractivity contribution in [3.8, 4) is 0 Å². The van der Waals surface area contributed by atoms with Gasteiger partial charge in [0.15, 0.2) is 7.14 Å². The Labute approximate surface area is 107 Å². The van der Waals surface area contributed by atoms with Crippen LogP contribution >= 0.6 is 7.14 Å². The summed E-state index contributed by atoms with van der Waals surface area (Å²) in [6, 6.07) is 17.9. The molecule has 0 aliphatic rings. The van der Waals surface area contributed by atoms with Gasteiger partial charge in [-0.05, 0) is 0 Å². The van der Waals surface area contributed by atoms with E-state index in [-0.39, 0.29) is 5.52 Å². The Balaban J connectivity index is 2.47. The largest absolute Gasteiger partial charge is 0.310 e. The Morgan fingerprint density at radius 3 is 1.94 bits per heavy atom. The Kier molecular flexibility index (Phi) is 3.78. The molecule has 0 spiro atoms. The summed E-state index contributed by atoms with van der Waals surface area (Å²) in [6.07, 6.45) is 0.352. The molecule has 0 radical (unpaired) electrons. The molecule has 2 rings (SSSR count). The Morgan fingerprint density at radius 2 is 1.44 bits per heavy atom. The van der Waals surface area contributed by atoms with Crippen molar-refractivity contribution < 1.29 is 9.36 Å². The quantitative estimate of drug-likeness (QED) is 0.786. The summed E-state index contributed by atoms with van der Waals surface area (Å²) in [4.78, 5) is 12.4. The minimum atomic E-state index is -3.00. The van der Waals surface area contributed by atoms with E-state index >= 15 is 0 Å². The van der Waals surface area contributed by atoms with E-state index < -0.39 is 7.14 Å². The maximum absolute atomic E-state index is 12.9. The Morgan fingerprint density at radius 1 is 0.944 bits per heavy atom. The fraction of sp³-hybridized carbons (Fsp3) is 0.133. The average molecular weight is 258 g/mol. The van der Waals surface area contributed by atoms with Gasteiger partial charge >= 0.3 is 0 Å². The van der Waals surface area contributed by atoms with Gasteiger partial charge in [-0.2, -0.15) is 0 Å². The molecule has 2 aromatic carbocycles. The number of rotatable bonds is 4. The van der Waals surface area contributed by atoms with Gasteiger partial charge in [-0.3, -0.25) is 4.79 Å². The van der Waals surface area contributed by atoms with Gasteiger partial charge in [0.1, 0.15) is 0 Å². The van der Waals surface area contributed by atoms with E-state index in [9.17, 15) is 9.36 Å². The summed E-state index contributed by atoms with van der Waals surface area (Å²) in [5.41, 5.74) is 0.267. The molecule has 1 atom stereocenters. The first-order chi connectivity index (χ1) is 8.68. The van der Waals surface area contributed by atoms with E-state index in [4.69, 9.17) is 0 Å². The smallest absolute Gasteiger partial charge is 0.225 e. The first kappa shape index (κ1) is 12.8. The minimum Gasteiger partial charge on any atom is -0.310 e. The monoisotopic (exact) mass is 258 g/mol. The van der Waals surface area contributed by atoms with Gasteiger partial charge in [0, 0.05) is 17.0 Å². The van der Waals surface area contributed by atoms with E-state index in [0.717, 1.165) is 0 Å². The predicted octanol–water partition coefficient (Wildman–Crippen LogP) is 3.54. The van der Waals surface area contributed by atoms with E-state index in [0.29, 0.717) is 17.0 Å². The standard InChI is InChI=1S/C15H15O2P/c1-2-18(17,14-11-7-4-8-12-14)15(16)13-9-5-3-6-10-13/h3-12H,2H2,1H3. The van der Waals surface area contributed by atoms with Crippen LogP contribution in [0.2, 0.25) is 0 Å². The fourth-order valence-corrected chi connectivity index (χ4v) is 4.01. The van der Waals surface area contributed by atoms with Crippen molar-refractivity contribution in [1.82, 2.24) is 0 Å². The highest BCUT2D eigenvalue weighted by Gasteiger charge is 2.32. The molecule has 0 N–H and O–H groups in total. The lowest BCUT2D eigenvalue weighted by Gasteiger charge is -2.15. The molecule has 1 unspecified atom stereocenters. The molecule has 0 aromatic heterocycles. The third kappa shape index (κ3) is 2.30. The molecular formula is C15H15O2P. The zero-order valence-electron chi connectivity index (χ0n) is 10.2. The summed E-state index contributed by atoms with van der Waals surface area (Å²) in [6.45, 7) is 1.80. The van der Waals surface area contributed by atoms with Crippen molar-refractivity contribution in [2.75, 3.05) is 6.16 Å². The second-order valence-electron chi connectivity index (χ2n) is 4.06. The Bertz CT molecular complexity index is 576. The van der Waals surface area contributed by atoms with Crippen LogP contribution in [0.4, 0.5) is 0 Å². The number of carbonyl (C=O) groups is 1. The number of carbonyl (C=O) groups excluding carboxylic acids is 1. The lowest BCUT2D eigenvalue weighted by atomic mass is 10.2. The average Bonchev–Trinajstić information content (AvgIpc) is 2.47. The third-order valence-electron chi connectivity index (χ3n) is 2.97. The van der Waals surface area contributed by atoms with E-state index in [1.165, 1.54) is 0 Å². The van der Waals surface area contributed by atoms with Gasteiger partial charge in [0.2, 0.25) is 5.52 Å². The van der Waals surface area contributed by atoms with Crippen LogP contribution in [0.1, 0.15) is 17.3 Å². The number of hydrogen-bond donors (Lipinski definition) is 0. The van der Waals surface area contributed by atoms with Crippen LogP contribution in [0, 0.1) is 0 Å². The van der Waals surface area contributed by atoms with Gasteiger partial charge in [0.05, 0.1) is 0 Å². The molecule has 0 saturated heterocycles. The molecule has 2 nitrogen and oxygen atoms in total. The first-order valence-electron chi connectivity index (χ1n) is 5.93. The van der Waals surface area contributed by atoms with E-state index in [1.54, 1.807) is 43.3 Å². The summed E-state index contributed by atoms with van der Waals surface area (Å²) < 4.78 is 12.9. The number of benzene rings is 2. The highest BCUT2D eigenvalue weighted by molar-refractivity contribution is 7.87. The van der Waals surface area contributed by atoms with Crippen molar-refractivity contribution in [2.24, 2.45) is 0 Å². The van der Waals surface area contributed by atoms with E-state index in [1.807, 2.05) is 24.3 Å². The molecule has 2 aromatic rings. The third-order valence-corrected chi connectivity index (χ3v) is 5.90. The van der Waals surface area contributed by atoms with Crippen molar-refractivity contribution >= 4 is 18.0 Å². The summed E-state index contributed by atoms with van der Waals surface area (Å²) >= 11 is 0. The van der Waals surface area contributed by atoms with Crippen LogP contribution in [-0.2, 0) is 4.57 Å². The first-order valence-corrected chi connectivity index (χ1v) is 7.82. The maximum Gasteiger partial charge on any atom is 0.225 e. The predicted molar refractivity (Wildman–Crippen MR) is 75.0 cm³/mol. The summed E-state index contributed by atoms with van der Waals surface area (Å²) in [7, 11) is -3.00. The zero-order valence-corrected chi connectivity index (χ0v) is 11.1. The molecule has 0 heterocycles. The normalized spacial score (nSPS) is 13.8. The fourth-order valence-electron chi connectivity index (χ4n) is 1.90. The molecule has 0 aliphatic carbocycles. The van der Waals surface area contributed by atoms with Crippen molar-refractivity contribution in [3.63, 3.8) is 0 Å². The Hall–Kier alpha value is -1.66. The highest BCUT2D eigenvalue weighted by atomic mass is 31.2. The van der Waals surface area contributed by atoms with Crippen LogP contribution in [0.3, 0.4) is 0 Å². The molecule has 0 fully saturated rings. The molecule has 0 bridgehead atoms. The molecule has 0 amide bonds. The SMILES string of the molecule is CCP(=O)(C(=O)c1ccccc1)c1ccccc1. The van der Waals surface area contributed by atoms with Crippen LogP contribution in [-0.4, -0.2) is 11.7 Å². The second kappa shape index (κ2) is 5.32. The minimum absolute atomic E-state index is 0.253. The molecule has 3 heteroatoms. The van der Waals surface area contributed by atoms with Crippen LogP contribution in [0.15, 0.2) is 60.7 Å². The molecule has 92 valence electrons. The topological polar surface area (TPSA) is 34.1 Å². The van der Waals surface area contributed by atoms with Crippen molar-refractivity contribution in [3.05, 3.63) is 66.2 Å². The van der Waals surface area contributed by atoms with Crippen LogP contribution < -0.4 is 5.30 Å². The molecule has 0 aliphatic heterocycles. The van der Waals surface area contributed by atoms with Gasteiger partial charge in [-0.15, -0.1) is 0 Å². The number of hydrogen-bond acceptors (Lipinski definition) is 2. The maximum atomic E-state index is 12.9. The summed E-state index contributed by atoms with van der Waals surface area (Å²) in [5.74, 6) is 0. The van der Waals surface area contributed by atoms with Gasteiger partial charge < -0.3 is 4.57 Å². The summed E-state index contributed by atoms with van der Waals surface area (Å²) in [5, 5.41) is 0.640. The van der Waals surface area contributed by atoms with Gasteiger partial charge in [-0.25, -0.2) is 0 Å². The lowest BCUT2D eigenvalue weighted by molar-refractivity contribution is 0.107. The van der Waals surface area contributed by atoms with Crippen molar-refractivity contribution in [2.45, 2.75) is 6.92 Å². The second-order valence-corrected chi connectivity index (χ2v) is 7.10. The van der Waals surface area contributed by atoms with Gasteiger partial charge in [-0.1, -0.05) is 67.6 Å². The molecule has 18 heavy (non-hydrogen) atoms. The zero-order chi connectivity index (χ0) is 13.0. The molecular weight excluding hydrogens is 243 g/mol.